The average molecular weight is 337 g/mol. The maximum atomic E-state index is 6.90. The highest BCUT2D eigenvalue weighted by atomic mass is 35.6. The van der Waals surface area contributed by atoms with E-state index in [2.05, 4.69) is 75.5 Å². The summed E-state index contributed by atoms with van der Waals surface area (Å²) < 4.78 is 0. The lowest BCUT2D eigenvalue weighted by Crippen LogP contribution is -2.23. The van der Waals surface area contributed by atoms with Crippen molar-refractivity contribution >= 4 is 45.6 Å². The Labute approximate surface area is 143 Å². The van der Waals surface area contributed by atoms with Crippen LogP contribution >= 0.6 is 11.1 Å². The Bertz CT molecular complexity index is 976. The largest absolute Gasteiger partial charge is 0.177 e. The van der Waals surface area contributed by atoms with Crippen molar-refractivity contribution in [3.05, 3.63) is 64.9 Å². The molecule has 3 aromatic carbocycles. The number of benzene rings is 3. The topological polar surface area (TPSA) is 0 Å². The summed E-state index contributed by atoms with van der Waals surface area (Å²) in [4.78, 5) is 0. The molecule has 1 aliphatic carbocycles. The van der Waals surface area contributed by atoms with E-state index in [0.29, 0.717) is 5.92 Å². The molecule has 116 valence electrons. The Morgan fingerprint density at radius 1 is 0.826 bits per heavy atom. The van der Waals surface area contributed by atoms with Crippen molar-refractivity contribution in [2.24, 2.45) is 0 Å². The third kappa shape index (κ3) is 2.03. The summed E-state index contributed by atoms with van der Waals surface area (Å²) >= 11 is 6.90. The highest BCUT2D eigenvalue weighted by molar-refractivity contribution is 7.23. The van der Waals surface area contributed by atoms with Gasteiger partial charge >= 0.3 is 0 Å². The third-order valence-electron chi connectivity index (χ3n) is 5.26. The van der Waals surface area contributed by atoms with E-state index < -0.39 is 7.38 Å². The molecule has 0 heterocycles. The molecule has 1 unspecified atom stereocenters. The van der Waals surface area contributed by atoms with Crippen molar-refractivity contribution in [3.63, 3.8) is 0 Å². The first-order valence-corrected chi connectivity index (χ1v) is 12.3. The predicted molar refractivity (Wildman–Crippen MR) is 106 cm³/mol. The number of allylic oxidation sites excluding steroid dienone is 2. The van der Waals surface area contributed by atoms with E-state index in [1.54, 1.807) is 0 Å². The highest BCUT2D eigenvalue weighted by Crippen LogP contribution is 2.51. The Morgan fingerprint density at radius 2 is 1.30 bits per heavy atom. The molecule has 0 saturated heterocycles. The van der Waals surface area contributed by atoms with E-state index in [4.69, 9.17) is 11.1 Å². The molecule has 23 heavy (non-hydrogen) atoms. The lowest BCUT2D eigenvalue weighted by atomic mass is 9.89. The van der Waals surface area contributed by atoms with Crippen molar-refractivity contribution in [1.82, 2.24) is 0 Å². The van der Waals surface area contributed by atoms with Crippen LogP contribution in [-0.4, -0.2) is 7.38 Å². The Hall–Kier alpha value is -1.57. The molecule has 4 rings (SSSR count). The van der Waals surface area contributed by atoms with E-state index >= 15 is 0 Å². The molecular weight excluding hydrogens is 316 g/mol. The molecule has 3 aromatic rings. The fraction of sp³-hybridized carbons (Fsp3) is 0.238. The first-order chi connectivity index (χ1) is 10.9. The van der Waals surface area contributed by atoms with Crippen molar-refractivity contribution in [1.29, 1.82) is 0 Å². The van der Waals surface area contributed by atoms with Gasteiger partial charge in [0.1, 0.15) is 0 Å². The third-order valence-corrected chi connectivity index (χ3v) is 7.96. The lowest BCUT2D eigenvalue weighted by molar-refractivity contribution is 0.975. The van der Waals surface area contributed by atoms with Gasteiger partial charge in [-0.1, -0.05) is 73.7 Å². The Morgan fingerprint density at radius 3 is 1.87 bits per heavy atom. The fourth-order valence-corrected chi connectivity index (χ4v) is 7.69. The van der Waals surface area contributed by atoms with Crippen LogP contribution in [0.2, 0.25) is 13.1 Å². The summed E-state index contributed by atoms with van der Waals surface area (Å²) in [6.07, 6.45) is 0. The molecule has 0 N–H and O–H groups in total. The van der Waals surface area contributed by atoms with Crippen LogP contribution in [0.25, 0.3) is 27.1 Å². The van der Waals surface area contributed by atoms with E-state index in [-0.39, 0.29) is 0 Å². The molecule has 0 bridgehead atoms. The SMILES string of the molecule is CC1=C([Si](C)(C)Cl)C(C)c2c1c1ccccc1c1ccccc21. The second kappa shape index (κ2) is 4.96. The zero-order valence-corrected chi connectivity index (χ0v) is 15.8. The molecule has 2 heteroatoms. The van der Waals surface area contributed by atoms with E-state index in [0.717, 1.165) is 0 Å². The van der Waals surface area contributed by atoms with Gasteiger partial charge in [0.15, 0.2) is 7.38 Å². The van der Waals surface area contributed by atoms with Crippen LogP contribution in [0.5, 0.6) is 0 Å². The van der Waals surface area contributed by atoms with Crippen molar-refractivity contribution in [3.8, 4) is 0 Å². The van der Waals surface area contributed by atoms with Crippen LogP contribution in [0.15, 0.2) is 53.7 Å². The summed E-state index contributed by atoms with van der Waals surface area (Å²) in [6.45, 7) is 9.11. The summed E-state index contributed by atoms with van der Waals surface area (Å²) in [5.41, 5.74) is 4.33. The highest BCUT2D eigenvalue weighted by Gasteiger charge is 2.38. The first kappa shape index (κ1) is 15.0. The van der Waals surface area contributed by atoms with Gasteiger partial charge in [-0.25, -0.2) is 0 Å². The first-order valence-electron chi connectivity index (χ1n) is 8.25. The minimum atomic E-state index is -1.87. The molecular formula is C21H21ClSi. The minimum Gasteiger partial charge on any atom is -0.162 e. The second-order valence-corrected chi connectivity index (χ2v) is 13.4. The van der Waals surface area contributed by atoms with Gasteiger partial charge in [0.2, 0.25) is 0 Å². The molecule has 0 amide bonds. The van der Waals surface area contributed by atoms with Crippen molar-refractivity contribution < 1.29 is 0 Å². The van der Waals surface area contributed by atoms with Crippen LogP contribution in [0.1, 0.15) is 30.9 Å². The molecule has 0 nitrogen and oxygen atoms in total. The molecule has 0 radical (unpaired) electrons. The van der Waals surface area contributed by atoms with Crippen molar-refractivity contribution in [2.75, 3.05) is 0 Å². The zero-order chi connectivity index (χ0) is 16.4. The fourth-order valence-electron chi connectivity index (χ4n) is 4.59. The van der Waals surface area contributed by atoms with Crippen LogP contribution in [0.3, 0.4) is 0 Å². The molecule has 1 atom stereocenters. The number of hydrogen-bond donors (Lipinski definition) is 0. The average Bonchev–Trinajstić information content (AvgIpc) is 2.79. The Kier molecular flexibility index (Phi) is 3.23. The van der Waals surface area contributed by atoms with Gasteiger partial charge in [-0.2, -0.15) is 11.1 Å². The molecule has 0 aliphatic heterocycles. The van der Waals surface area contributed by atoms with Crippen LogP contribution in [0, 0.1) is 0 Å². The number of fused-ring (bicyclic) bond motifs is 6. The maximum Gasteiger partial charge on any atom is 0.177 e. The summed E-state index contributed by atoms with van der Waals surface area (Å²) in [6, 6.07) is 17.6. The summed E-state index contributed by atoms with van der Waals surface area (Å²) in [7, 11) is -1.87. The van der Waals surface area contributed by atoms with Gasteiger partial charge in [0.05, 0.1) is 0 Å². The number of rotatable bonds is 1. The summed E-state index contributed by atoms with van der Waals surface area (Å²) in [5, 5.41) is 6.96. The van der Waals surface area contributed by atoms with Gasteiger partial charge in [-0.05, 0) is 45.2 Å². The van der Waals surface area contributed by atoms with Gasteiger partial charge < -0.3 is 0 Å². The normalized spacial score (nSPS) is 18.0. The smallest absolute Gasteiger partial charge is 0.162 e. The van der Waals surface area contributed by atoms with E-state index in [9.17, 15) is 0 Å². The van der Waals surface area contributed by atoms with Crippen molar-refractivity contribution in [2.45, 2.75) is 32.9 Å². The molecule has 0 aromatic heterocycles. The Balaban J connectivity index is 2.24. The standard InChI is InChI=1S/C21H21ClSi/c1-13-19-17-11-7-5-9-15(17)16-10-6-8-12-18(16)20(19)14(2)21(13)23(3,4)22/h5-13H,1-4H3. The minimum absolute atomic E-state index is 0.415. The van der Waals surface area contributed by atoms with Gasteiger partial charge in [-0.3, -0.25) is 0 Å². The number of halogens is 1. The maximum absolute atomic E-state index is 6.90. The monoisotopic (exact) mass is 336 g/mol. The van der Waals surface area contributed by atoms with Gasteiger partial charge in [-0.15, -0.1) is 0 Å². The second-order valence-electron chi connectivity index (χ2n) is 7.11. The van der Waals surface area contributed by atoms with E-state index in [1.807, 2.05) is 0 Å². The predicted octanol–water partition coefficient (Wildman–Crippen LogP) is 6.87. The quantitative estimate of drug-likeness (QED) is 0.258. The van der Waals surface area contributed by atoms with Crippen LogP contribution in [-0.2, 0) is 0 Å². The molecule has 0 saturated carbocycles. The molecule has 0 spiro atoms. The zero-order valence-electron chi connectivity index (χ0n) is 14.1. The van der Waals surface area contributed by atoms with E-state index in [1.165, 1.54) is 43.4 Å². The van der Waals surface area contributed by atoms with Crippen LogP contribution in [0.4, 0.5) is 0 Å². The van der Waals surface area contributed by atoms with Gasteiger partial charge in [0.25, 0.3) is 0 Å². The molecule has 0 fully saturated rings. The lowest BCUT2D eigenvalue weighted by Gasteiger charge is -2.22. The van der Waals surface area contributed by atoms with Gasteiger partial charge in [0, 0.05) is 5.92 Å². The summed E-state index contributed by atoms with van der Waals surface area (Å²) in [5.74, 6) is 0.415. The molecule has 1 aliphatic rings. The van der Waals surface area contributed by atoms with Crippen LogP contribution < -0.4 is 0 Å². The number of hydrogen-bond acceptors (Lipinski definition) is 0.